The standard InChI is InChI=1S/C21H24N6O4S/c1-14-23-16-12-15(5-6-17(16)27(14)8-11-30-13-29-9-3-7-22)19(28)24-21-26-25-20(32-21)18-4-2-10-31-18/h2,4-6,10,12H,3,7-9,11,13,22H2,1H3,(H,24,26,28). The van der Waals surface area contributed by atoms with Crippen LogP contribution in [0.25, 0.3) is 21.8 Å². The number of carbonyl (C=O) groups excluding carboxylic acids is 1. The summed E-state index contributed by atoms with van der Waals surface area (Å²) >= 11 is 1.24. The molecule has 0 spiro atoms. The molecule has 3 N–H and O–H groups in total. The molecule has 4 aromatic rings. The van der Waals surface area contributed by atoms with Crippen molar-refractivity contribution in [2.24, 2.45) is 5.73 Å². The number of nitrogens with two attached hydrogens (primary N) is 1. The molecule has 4 rings (SSSR count). The van der Waals surface area contributed by atoms with Gasteiger partial charge in [0.1, 0.15) is 12.6 Å². The van der Waals surface area contributed by atoms with Crippen molar-refractivity contribution in [3.8, 4) is 10.8 Å². The molecule has 3 heterocycles. The van der Waals surface area contributed by atoms with Gasteiger partial charge in [-0.2, -0.15) is 0 Å². The van der Waals surface area contributed by atoms with E-state index in [0.717, 1.165) is 23.3 Å². The number of aryl methyl sites for hydroxylation is 1. The highest BCUT2D eigenvalue weighted by Crippen LogP contribution is 2.27. The fourth-order valence-corrected chi connectivity index (χ4v) is 3.84. The molecule has 3 aromatic heterocycles. The Morgan fingerprint density at radius 2 is 2.12 bits per heavy atom. The number of anilines is 1. The van der Waals surface area contributed by atoms with E-state index in [9.17, 15) is 4.79 Å². The summed E-state index contributed by atoms with van der Waals surface area (Å²) in [6.07, 6.45) is 2.38. The van der Waals surface area contributed by atoms with Crippen LogP contribution in [0.4, 0.5) is 5.13 Å². The van der Waals surface area contributed by atoms with Crippen LogP contribution < -0.4 is 11.1 Å². The second-order valence-electron chi connectivity index (χ2n) is 6.93. The van der Waals surface area contributed by atoms with Crippen LogP contribution in [0.3, 0.4) is 0 Å². The van der Waals surface area contributed by atoms with Crippen molar-refractivity contribution in [1.82, 2.24) is 19.7 Å². The molecule has 0 saturated carbocycles. The van der Waals surface area contributed by atoms with Crippen molar-refractivity contribution in [2.75, 3.05) is 31.9 Å². The minimum atomic E-state index is -0.279. The number of ether oxygens (including phenoxy) is 2. The van der Waals surface area contributed by atoms with Crippen molar-refractivity contribution in [3.63, 3.8) is 0 Å². The van der Waals surface area contributed by atoms with Gasteiger partial charge in [-0.25, -0.2) is 4.98 Å². The highest BCUT2D eigenvalue weighted by atomic mass is 32.1. The van der Waals surface area contributed by atoms with Crippen LogP contribution in [0, 0.1) is 6.92 Å². The lowest BCUT2D eigenvalue weighted by atomic mass is 10.2. The molecule has 0 fully saturated rings. The third-order valence-corrected chi connectivity index (χ3v) is 5.55. The van der Waals surface area contributed by atoms with Crippen molar-refractivity contribution in [2.45, 2.75) is 19.9 Å². The number of benzene rings is 1. The summed E-state index contributed by atoms with van der Waals surface area (Å²) < 4.78 is 18.2. The van der Waals surface area contributed by atoms with Gasteiger partial charge in [-0.15, -0.1) is 10.2 Å². The van der Waals surface area contributed by atoms with E-state index in [0.29, 0.717) is 47.8 Å². The first kappa shape index (κ1) is 22.1. The van der Waals surface area contributed by atoms with Crippen molar-refractivity contribution in [1.29, 1.82) is 0 Å². The van der Waals surface area contributed by atoms with Gasteiger partial charge in [0.2, 0.25) is 5.13 Å². The highest BCUT2D eigenvalue weighted by Gasteiger charge is 2.15. The van der Waals surface area contributed by atoms with Gasteiger partial charge < -0.3 is 24.2 Å². The van der Waals surface area contributed by atoms with Crippen LogP contribution in [-0.4, -0.2) is 52.2 Å². The lowest BCUT2D eigenvalue weighted by molar-refractivity contribution is -0.0558. The van der Waals surface area contributed by atoms with E-state index in [1.807, 2.05) is 13.0 Å². The summed E-state index contributed by atoms with van der Waals surface area (Å²) in [5.41, 5.74) is 7.58. The van der Waals surface area contributed by atoms with Gasteiger partial charge in [-0.3, -0.25) is 10.1 Å². The van der Waals surface area contributed by atoms with E-state index in [4.69, 9.17) is 19.6 Å². The number of fused-ring (bicyclic) bond motifs is 1. The average molecular weight is 457 g/mol. The Hall–Kier alpha value is -3.12. The zero-order chi connectivity index (χ0) is 22.3. The minimum Gasteiger partial charge on any atom is -0.462 e. The third-order valence-electron chi connectivity index (χ3n) is 4.70. The third kappa shape index (κ3) is 5.19. The van der Waals surface area contributed by atoms with Gasteiger partial charge in [0.15, 0.2) is 10.8 Å². The topological polar surface area (TPSA) is 130 Å². The first-order valence-electron chi connectivity index (χ1n) is 10.2. The first-order valence-corrected chi connectivity index (χ1v) is 11.0. The molecule has 0 unspecified atom stereocenters. The molecule has 0 bridgehead atoms. The SMILES string of the molecule is Cc1nc2cc(C(=O)Nc3nnc(-c4ccco4)s3)ccc2n1CCOCOCCCN. The van der Waals surface area contributed by atoms with Crippen LogP contribution in [0.15, 0.2) is 41.0 Å². The Kier molecular flexibility index (Phi) is 7.22. The fourth-order valence-electron chi connectivity index (χ4n) is 3.13. The second kappa shape index (κ2) is 10.5. The van der Waals surface area contributed by atoms with Crippen molar-refractivity contribution < 1.29 is 18.7 Å². The summed E-state index contributed by atoms with van der Waals surface area (Å²) in [4.78, 5) is 17.3. The molecular formula is C21H24N6O4S. The molecule has 0 aliphatic rings. The second-order valence-corrected chi connectivity index (χ2v) is 7.91. The average Bonchev–Trinajstić information content (AvgIpc) is 3.53. The van der Waals surface area contributed by atoms with E-state index in [-0.39, 0.29) is 12.7 Å². The number of aromatic nitrogens is 4. The molecular weight excluding hydrogens is 432 g/mol. The zero-order valence-corrected chi connectivity index (χ0v) is 18.4. The van der Waals surface area contributed by atoms with Crippen LogP contribution >= 0.6 is 11.3 Å². The smallest absolute Gasteiger partial charge is 0.257 e. The number of hydrogen-bond acceptors (Lipinski definition) is 9. The number of carbonyl (C=O) groups is 1. The monoisotopic (exact) mass is 456 g/mol. The molecule has 32 heavy (non-hydrogen) atoms. The van der Waals surface area contributed by atoms with Gasteiger partial charge in [-0.1, -0.05) is 11.3 Å². The van der Waals surface area contributed by atoms with E-state index in [1.165, 1.54) is 11.3 Å². The fraction of sp³-hybridized carbons (Fsp3) is 0.333. The van der Waals surface area contributed by atoms with Gasteiger partial charge in [0.05, 0.1) is 30.5 Å². The molecule has 1 amide bonds. The number of imidazole rings is 1. The van der Waals surface area contributed by atoms with E-state index in [2.05, 4.69) is 25.1 Å². The number of furan rings is 1. The molecule has 11 heteroatoms. The molecule has 1 aromatic carbocycles. The molecule has 0 radical (unpaired) electrons. The summed E-state index contributed by atoms with van der Waals surface area (Å²) in [6.45, 7) is 4.49. The van der Waals surface area contributed by atoms with Crippen LogP contribution in [0.5, 0.6) is 0 Å². The predicted molar refractivity (Wildman–Crippen MR) is 120 cm³/mol. The predicted octanol–water partition coefficient (Wildman–Crippen LogP) is 3.05. The van der Waals surface area contributed by atoms with Crippen LogP contribution in [0.2, 0.25) is 0 Å². The zero-order valence-electron chi connectivity index (χ0n) is 17.6. The summed E-state index contributed by atoms with van der Waals surface area (Å²) in [6, 6.07) is 8.98. The number of nitrogens with one attached hydrogen (secondary N) is 1. The summed E-state index contributed by atoms with van der Waals surface area (Å²) in [7, 11) is 0. The van der Waals surface area contributed by atoms with Gasteiger partial charge in [0.25, 0.3) is 5.91 Å². The lowest BCUT2D eigenvalue weighted by Gasteiger charge is -2.09. The van der Waals surface area contributed by atoms with Gasteiger partial charge in [0, 0.05) is 12.1 Å². The minimum absolute atomic E-state index is 0.239. The maximum absolute atomic E-state index is 12.7. The molecule has 0 aliphatic carbocycles. The molecule has 0 atom stereocenters. The Morgan fingerprint density at radius 3 is 2.94 bits per heavy atom. The highest BCUT2D eigenvalue weighted by molar-refractivity contribution is 7.18. The number of rotatable bonds is 11. The van der Waals surface area contributed by atoms with E-state index >= 15 is 0 Å². The maximum Gasteiger partial charge on any atom is 0.257 e. The van der Waals surface area contributed by atoms with E-state index < -0.39 is 0 Å². The maximum atomic E-state index is 12.7. The van der Waals surface area contributed by atoms with E-state index in [1.54, 1.807) is 30.5 Å². The molecule has 168 valence electrons. The Morgan fingerprint density at radius 1 is 1.25 bits per heavy atom. The van der Waals surface area contributed by atoms with Gasteiger partial charge in [-0.05, 0) is 50.2 Å². The molecule has 0 saturated heterocycles. The Bertz CT molecular complexity index is 1170. The Labute approximate surface area is 188 Å². The Balaban J connectivity index is 1.37. The summed E-state index contributed by atoms with van der Waals surface area (Å²) in [5.74, 6) is 1.17. The molecule has 0 aliphatic heterocycles. The van der Waals surface area contributed by atoms with Crippen LogP contribution in [-0.2, 0) is 16.0 Å². The van der Waals surface area contributed by atoms with Crippen molar-refractivity contribution in [3.05, 3.63) is 48.0 Å². The summed E-state index contributed by atoms with van der Waals surface area (Å²) in [5, 5.41) is 11.8. The number of hydrogen-bond donors (Lipinski definition) is 2. The quantitative estimate of drug-likeness (QED) is 0.260. The normalized spacial score (nSPS) is 11.3. The largest absolute Gasteiger partial charge is 0.462 e. The number of nitrogens with zero attached hydrogens (tertiary/aromatic N) is 4. The molecule has 10 nitrogen and oxygen atoms in total. The van der Waals surface area contributed by atoms with Gasteiger partial charge >= 0.3 is 0 Å². The first-order chi connectivity index (χ1) is 15.7. The van der Waals surface area contributed by atoms with Crippen molar-refractivity contribution >= 4 is 33.4 Å². The van der Waals surface area contributed by atoms with Crippen LogP contribution in [0.1, 0.15) is 22.6 Å². The number of amides is 1. The lowest BCUT2D eigenvalue weighted by Crippen LogP contribution is -2.12.